The van der Waals surface area contributed by atoms with Crippen molar-refractivity contribution >= 4 is 43.9 Å². The molecule has 2 saturated heterocycles. The van der Waals surface area contributed by atoms with E-state index in [1.165, 1.54) is 56.0 Å². The number of fused-ring (bicyclic) bond motifs is 2. The van der Waals surface area contributed by atoms with E-state index in [1.807, 2.05) is 0 Å². The molecule has 18 heteroatoms. The highest BCUT2D eigenvalue weighted by molar-refractivity contribution is 8.76. The Balaban J connectivity index is 1.25. The maximum Gasteiger partial charge on any atom is 0.166 e. The van der Waals surface area contributed by atoms with Gasteiger partial charge in [-0.25, -0.2) is 29.9 Å². The average molecular weight is 567 g/mol. The Labute approximate surface area is 220 Å². The topological polar surface area (TPSA) is 227 Å². The molecule has 6 rings (SSSR count). The summed E-state index contributed by atoms with van der Waals surface area (Å²) in [6.45, 7) is -0.905. The summed E-state index contributed by atoms with van der Waals surface area (Å²) in [5.41, 5.74) is 1.56. The van der Waals surface area contributed by atoms with E-state index in [9.17, 15) is 30.6 Å². The SMILES string of the molecule is OC[C@H]1O[C@@H](n2cnc3c(SSc4ncnc5c4ncn5[C@@H]4O[C@H](CO)[C@@H](O)[C@H]4O)ncnc32)[C@H](O)[C@@H]1O. The van der Waals surface area contributed by atoms with Crippen LogP contribution < -0.4 is 0 Å². The lowest BCUT2D eigenvalue weighted by Crippen LogP contribution is -2.33. The smallest absolute Gasteiger partial charge is 0.166 e. The molecule has 16 nitrogen and oxygen atoms in total. The zero-order chi connectivity index (χ0) is 26.6. The minimum Gasteiger partial charge on any atom is -0.394 e. The van der Waals surface area contributed by atoms with Gasteiger partial charge in [-0.3, -0.25) is 9.13 Å². The van der Waals surface area contributed by atoms with Crippen LogP contribution in [-0.2, 0) is 9.47 Å². The Kier molecular flexibility index (Phi) is 6.93. The molecule has 0 bridgehead atoms. The van der Waals surface area contributed by atoms with Crippen molar-refractivity contribution in [1.82, 2.24) is 39.0 Å². The lowest BCUT2D eigenvalue weighted by Gasteiger charge is -2.16. The van der Waals surface area contributed by atoms with Crippen LogP contribution in [0.15, 0.2) is 35.4 Å². The molecule has 202 valence electrons. The first-order chi connectivity index (χ1) is 18.4. The second-order valence-corrected chi connectivity index (χ2v) is 10.7. The van der Waals surface area contributed by atoms with E-state index >= 15 is 0 Å². The maximum atomic E-state index is 10.4. The van der Waals surface area contributed by atoms with Gasteiger partial charge in [0.2, 0.25) is 0 Å². The second-order valence-electron chi connectivity index (χ2n) is 8.63. The molecule has 2 aliphatic rings. The highest BCUT2D eigenvalue weighted by atomic mass is 33.1. The summed E-state index contributed by atoms with van der Waals surface area (Å²) in [5, 5.41) is 60.7. The number of hydrogen-bond acceptors (Lipinski definition) is 16. The molecule has 0 radical (unpaired) electrons. The fraction of sp³-hybridized carbons (Fsp3) is 0.500. The third-order valence-corrected chi connectivity index (χ3v) is 8.63. The van der Waals surface area contributed by atoms with Crippen molar-refractivity contribution in [1.29, 1.82) is 0 Å². The van der Waals surface area contributed by atoms with E-state index in [0.29, 0.717) is 32.4 Å². The van der Waals surface area contributed by atoms with Crippen LogP contribution in [0, 0.1) is 0 Å². The first-order valence-corrected chi connectivity index (χ1v) is 13.5. The van der Waals surface area contributed by atoms with E-state index < -0.39 is 62.3 Å². The van der Waals surface area contributed by atoms with Crippen molar-refractivity contribution < 1.29 is 40.1 Å². The first-order valence-electron chi connectivity index (χ1n) is 11.4. The summed E-state index contributed by atoms with van der Waals surface area (Å²) < 4.78 is 14.1. The molecule has 2 aliphatic heterocycles. The van der Waals surface area contributed by atoms with Gasteiger partial charge in [-0.2, -0.15) is 0 Å². The Morgan fingerprint density at radius 1 is 0.632 bits per heavy atom. The van der Waals surface area contributed by atoms with Crippen molar-refractivity contribution in [2.45, 2.75) is 59.1 Å². The standard InChI is InChI=1S/C20H22N8O8S2/c29-1-7-11(31)13(33)19(35-7)27-5-25-9-15(27)21-3-23-17(9)37-38-18-10-16(22-4-24-18)28(6-26-10)20-14(34)12(32)8(2-30)36-20/h3-8,11-14,19-20,29-34H,1-2H2/t7-,8-,11-,12-,13-,14-,19-,20-/m1/s1. The van der Waals surface area contributed by atoms with Crippen LogP contribution in [0.25, 0.3) is 22.3 Å². The normalized spacial score (nSPS) is 31.6. The van der Waals surface area contributed by atoms with Crippen molar-refractivity contribution in [3.63, 3.8) is 0 Å². The van der Waals surface area contributed by atoms with Crippen molar-refractivity contribution in [3.05, 3.63) is 25.3 Å². The largest absolute Gasteiger partial charge is 0.394 e. The number of ether oxygens (including phenoxy) is 2. The van der Waals surface area contributed by atoms with Crippen LogP contribution in [0.5, 0.6) is 0 Å². The van der Waals surface area contributed by atoms with Crippen LogP contribution in [0.3, 0.4) is 0 Å². The number of hydrogen-bond donors (Lipinski definition) is 6. The fourth-order valence-corrected chi connectivity index (χ4v) is 6.44. The average Bonchev–Trinajstić information content (AvgIpc) is 3.69. The zero-order valence-electron chi connectivity index (χ0n) is 19.2. The fourth-order valence-electron chi connectivity index (χ4n) is 4.45. The number of aliphatic hydroxyl groups excluding tert-OH is 6. The Morgan fingerprint density at radius 2 is 1.05 bits per heavy atom. The van der Waals surface area contributed by atoms with Gasteiger partial charge in [0.05, 0.1) is 25.9 Å². The first kappa shape index (κ1) is 25.7. The van der Waals surface area contributed by atoms with E-state index in [-0.39, 0.29) is 0 Å². The molecule has 0 saturated carbocycles. The van der Waals surface area contributed by atoms with Gasteiger partial charge in [-0.15, -0.1) is 0 Å². The Morgan fingerprint density at radius 3 is 1.42 bits per heavy atom. The molecule has 8 atom stereocenters. The Bertz CT molecular complexity index is 1350. The number of rotatable bonds is 7. The lowest BCUT2D eigenvalue weighted by molar-refractivity contribution is -0.0511. The van der Waals surface area contributed by atoms with Crippen molar-refractivity contribution in [2.24, 2.45) is 0 Å². The molecule has 6 N–H and O–H groups in total. The zero-order valence-corrected chi connectivity index (χ0v) is 20.9. The summed E-state index contributed by atoms with van der Waals surface area (Å²) in [6.07, 6.45) is -3.46. The monoisotopic (exact) mass is 566 g/mol. The van der Waals surface area contributed by atoms with Gasteiger partial charge in [0.1, 0.15) is 70.4 Å². The predicted molar refractivity (Wildman–Crippen MR) is 128 cm³/mol. The molecular weight excluding hydrogens is 544 g/mol. The van der Waals surface area contributed by atoms with Gasteiger partial charge < -0.3 is 40.1 Å². The van der Waals surface area contributed by atoms with Crippen LogP contribution in [0.2, 0.25) is 0 Å². The Hall–Kier alpha value is -2.52. The highest BCUT2D eigenvalue weighted by Crippen LogP contribution is 2.41. The number of aromatic nitrogens is 8. The third-order valence-electron chi connectivity index (χ3n) is 6.43. The molecule has 0 aliphatic carbocycles. The second kappa shape index (κ2) is 10.2. The molecule has 0 spiro atoms. The third kappa shape index (κ3) is 4.13. The van der Waals surface area contributed by atoms with Gasteiger partial charge in [-0.1, -0.05) is 0 Å². The molecule has 2 fully saturated rings. The van der Waals surface area contributed by atoms with Crippen LogP contribution in [0.4, 0.5) is 0 Å². The molecule has 38 heavy (non-hydrogen) atoms. The van der Waals surface area contributed by atoms with Crippen molar-refractivity contribution in [2.75, 3.05) is 13.2 Å². The summed E-state index contributed by atoms with van der Waals surface area (Å²) in [4.78, 5) is 25.8. The van der Waals surface area contributed by atoms with Crippen LogP contribution in [0.1, 0.15) is 12.5 Å². The van der Waals surface area contributed by atoms with E-state index in [4.69, 9.17) is 9.47 Å². The summed E-state index contributed by atoms with van der Waals surface area (Å²) in [7, 11) is 2.46. The lowest BCUT2D eigenvalue weighted by atomic mass is 10.1. The van der Waals surface area contributed by atoms with Crippen molar-refractivity contribution in [3.8, 4) is 0 Å². The highest BCUT2D eigenvalue weighted by Gasteiger charge is 2.45. The van der Waals surface area contributed by atoms with E-state index in [2.05, 4.69) is 29.9 Å². The van der Waals surface area contributed by atoms with Gasteiger partial charge in [0.25, 0.3) is 0 Å². The van der Waals surface area contributed by atoms with Crippen LogP contribution >= 0.6 is 21.6 Å². The molecule has 0 aromatic carbocycles. The van der Waals surface area contributed by atoms with Gasteiger partial charge in [0.15, 0.2) is 23.8 Å². The molecular formula is C20H22N8O8S2. The molecule has 6 heterocycles. The van der Waals surface area contributed by atoms with Gasteiger partial charge in [0, 0.05) is 0 Å². The molecule has 0 unspecified atom stereocenters. The van der Waals surface area contributed by atoms with Gasteiger partial charge in [-0.05, 0) is 21.6 Å². The summed E-state index contributed by atoms with van der Waals surface area (Å²) in [5.74, 6) is 0. The predicted octanol–water partition coefficient (Wildman–Crippen LogP) is -2.01. The van der Waals surface area contributed by atoms with Gasteiger partial charge >= 0.3 is 0 Å². The summed E-state index contributed by atoms with van der Waals surface area (Å²) in [6, 6.07) is 0. The summed E-state index contributed by atoms with van der Waals surface area (Å²) >= 11 is 0. The molecule has 4 aromatic rings. The quantitative estimate of drug-likeness (QED) is 0.105. The van der Waals surface area contributed by atoms with E-state index in [0.717, 1.165) is 0 Å². The van der Waals surface area contributed by atoms with E-state index in [1.54, 1.807) is 0 Å². The minimum atomic E-state index is -1.29. The number of imidazole rings is 2. The number of aliphatic hydroxyl groups is 6. The molecule has 4 aromatic heterocycles. The minimum absolute atomic E-state index is 0.361. The number of nitrogens with zero attached hydrogens (tertiary/aromatic N) is 8. The molecule has 0 amide bonds. The van der Waals surface area contributed by atoms with Crippen LogP contribution in [-0.4, -0.2) is 120 Å². The maximum absolute atomic E-state index is 10.4.